The number of morpholine rings is 1. The molecule has 4 heteroatoms. The van der Waals surface area contributed by atoms with Crippen molar-refractivity contribution in [2.45, 2.75) is 23.7 Å². The molecule has 3 nitrogen and oxygen atoms in total. The van der Waals surface area contributed by atoms with Gasteiger partial charge in [-0.3, -0.25) is 4.90 Å². The van der Waals surface area contributed by atoms with E-state index in [0.29, 0.717) is 0 Å². The first-order valence-electron chi connectivity index (χ1n) is 6.44. The number of aliphatic hydroxyl groups excluding tert-OH is 1. The highest BCUT2D eigenvalue weighted by atomic mass is 32.2. The van der Waals surface area contributed by atoms with Crippen molar-refractivity contribution in [1.82, 2.24) is 4.90 Å². The largest absolute Gasteiger partial charge is 0.392 e. The maximum atomic E-state index is 9.02. The molecular weight excluding hydrogens is 246 g/mol. The molecule has 1 fully saturated rings. The molecule has 0 radical (unpaired) electrons. The molecule has 1 aromatic rings. The van der Waals surface area contributed by atoms with Gasteiger partial charge in [-0.05, 0) is 24.6 Å². The first-order chi connectivity index (χ1) is 8.74. The Balaban J connectivity index is 0.000000136. The van der Waals surface area contributed by atoms with Crippen LogP contribution in [-0.2, 0) is 10.5 Å². The van der Waals surface area contributed by atoms with Crippen molar-refractivity contribution in [2.24, 2.45) is 0 Å². The van der Waals surface area contributed by atoms with Gasteiger partial charge >= 0.3 is 0 Å². The summed E-state index contributed by atoms with van der Waals surface area (Å²) in [6, 6.07) is 8.68. The lowest BCUT2D eigenvalue weighted by molar-refractivity contribution is 0.0181. The van der Waals surface area contributed by atoms with Gasteiger partial charge in [-0.15, -0.1) is 11.8 Å². The van der Waals surface area contributed by atoms with Gasteiger partial charge < -0.3 is 9.84 Å². The van der Waals surface area contributed by atoms with E-state index in [1.165, 1.54) is 16.2 Å². The summed E-state index contributed by atoms with van der Waals surface area (Å²) in [6.45, 7) is 6.15. The third kappa shape index (κ3) is 4.61. The fourth-order valence-electron chi connectivity index (χ4n) is 2.05. The molecule has 1 aromatic carbocycles. The molecule has 0 spiro atoms. The van der Waals surface area contributed by atoms with Crippen LogP contribution in [0.1, 0.15) is 12.5 Å². The SMILES string of the molecule is CC(O)CN1CCOCC1.c1cc2cc(c1)SC2. The van der Waals surface area contributed by atoms with Crippen molar-refractivity contribution < 1.29 is 9.84 Å². The Morgan fingerprint density at radius 1 is 1.39 bits per heavy atom. The standard InChI is InChI=1S/C7H15NO2.C7H6S/c1-7(9)6-8-2-4-10-5-3-8;1-2-6-4-7(3-1)8-5-6/h7,9H,2-6H2,1H3;1-4H,5H2. The predicted molar refractivity (Wildman–Crippen MR) is 74.9 cm³/mol. The first kappa shape index (κ1) is 13.9. The molecule has 0 saturated carbocycles. The van der Waals surface area contributed by atoms with E-state index in [-0.39, 0.29) is 6.10 Å². The van der Waals surface area contributed by atoms with Crippen LogP contribution in [0.15, 0.2) is 29.2 Å². The maximum absolute atomic E-state index is 9.02. The number of benzene rings is 1. The Kier molecular flexibility index (Phi) is 5.50. The number of hydrogen-bond acceptors (Lipinski definition) is 4. The van der Waals surface area contributed by atoms with Crippen molar-refractivity contribution in [1.29, 1.82) is 0 Å². The molecule has 2 aliphatic heterocycles. The number of β-amino-alcohol motifs (C(OH)–C–C–N with tert-alkyl or cyclic N) is 1. The second-order valence-electron chi connectivity index (χ2n) is 4.70. The van der Waals surface area contributed by atoms with E-state index in [2.05, 4.69) is 29.2 Å². The monoisotopic (exact) mass is 267 g/mol. The summed E-state index contributed by atoms with van der Waals surface area (Å²) in [5.74, 6) is 1.18. The van der Waals surface area contributed by atoms with E-state index in [4.69, 9.17) is 9.84 Å². The van der Waals surface area contributed by atoms with Gasteiger partial charge in [-0.25, -0.2) is 0 Å². The average Bonchev–Trinajstić information content (AvgIpc) is 2.70. The molecule has 1 atom stereocenters. The summed E-state index contributed by atoms with van der Waals surface area (Å²) in [5.41, 5.74) is 1.47. The second kappa shape index (κ2) is 7.14. The van der Waals surface area contributed by atoms with Crippen LogP contribution in [0.5, 0.6) is 0 Å². The van der Waals surface area contributed by atoms with Crippen molar-refractivity contribution in [3.63, 3.8) is 0 Å². The summed E-state index contributed by atoms with van der Waals surface area (Å²) in [5, 5.41) is 9.02. The Labute approximate surface area is 113 Å². The van der Waals surface area contributed by atoms with Crippen LogP contribution in [0.4, 0.5) is 0 Å². The molecule has 1 saturated heterocycles. The van der Waals surface area contributed by atoms with E-state index in [0.717, 1.165) is 32.8 Å². The molecule has 2 heterocycles. The molecule has 2 aliphatic rings. The molecule has 2 bridgehead atoms. The van der Waals surface area contributed by atoms with Gasteiger partial charge in [0.2, 0.25) is 0 Å². The van der Waals surface area contributed by atoms with Gasteiger partial charge in [0.05, 0.1) is 19.3 Å². The van der Waals surface area contributed by atoms with Crippen LogP contribution < -0.4 is 0 Å². The predicted octanol–water partition coefficient (Wildman–Crippen LogP) is 1.99. The lowest BCUT2D eigenvalue weighted by atomic mass is 10.2. The van der Waals surface area contributed by atoms with Crippen LogP contribution in [0.2, 0.25) is 0 Å². The fourth-order valence-corrected chi connectivity index (χ4v) is 2.97. The van der Waals surface area contributed by atoms with Crippen molar-refractivity contribution in [2.75, 3.05) is 32.8 Å². The fraction of sp³-hybridized carbons (Fsp3) is 0.571. The summed E-state index contributed by atoms with van der Waals surface area (Å²) in [6.07, 6.45) is -0.210. The minimum absolute atomic E-state index is 0.210. The van der Waals surface area contributed by atoms with Gasteiger partial charge in [0, 0.05) is 30.3 Å². The second-order valence-corrected chi connectivity index (χ2v) is 5.75. The zero-order valence-electron chi connectivity index (χ0n) is 10.8. The smallest absolute Gasteiger partial charge is 0.0639 e. The normalized spacial score (nSPS) is 20.1. The Hall–Kier alpha value is -0.550. The van der Waals surface area contributed by atoms with Gasteiger partial charge in [-0.2, -0.15) is 0 Å². The molecule has 0 amide bonds. The molecule has 3 rings (SSSR count). The highest BCUT2D eigenvalue weighted by Crippen LogP contribution is 2.30. The number of thioether (sulfide) groups is 1. The third-order valence-corrected chi connectivity index (χ3v) is 4.00. The summed E-state index contributed by atoms with van der Waals surface area (Å²) in [4.78, 5) is 3.64. The molecule has 1 N–H and O–H groups in total. The summed E-state index contributed by atoms with van der Waals surface area (Å²) < 4.78 is 5.16. The number of rotatable bonds is 2. The number of fused-ring (bicyclic) bond motifs is 2. The van der Waals surface area contributed by atoms with E-state index in [1.807, 2.05) is 18.7 Å². The molecule has 0 aromatic heterocycles. The topological polar surface area (TPSA) is 32.7 Å². The van der Waals surface area contributed by atoms with Crippen LogP contribution in [0, 0.1) is 0 Å². The van der Waals surface area contributed by atoms with Crippen molar-refractivity contribution >= 4 is 11.8 Å². The highest BCUT2D eigenvalue weighted by Gasteiger charge is 2.11. The lowest BCUT2D eigenvalue weighted by Gasteiger charge is -2.27. The molecule has 1 unspecified atom stereocenters. The molecule has 100 valence electrons. The van der Waals surface area contributed by atoms with Crippen LogP contribution in [-0.4, -0.2) is 49.0 Å². The maximum Gasteiger partial charge on any atom is 0.0639 e. The van der Waals surface area contributed by atoms with Crippen LogP contribution in [0.25, 0.3) is 0 Å². The third-order valence-electron chi connectivity index (χ3n) is 2.93. The zero-order valence-corrected chi connectivity index (χ0v) is 11.7. The van der Waals surface area contributed by atoms with Crippen LogP contribution in [0.3, 0.4) is 0 Å². The summed E-state index contributed by atoms with van der Waals surface area (Å²) >= 11 is 1.92. The average molecular weight is 267 g/mol. The van der Waals surface area contributed by atoms with E-state index >= 15 is 0 Å². The van der Waals surface area contributed by atoms with E-state index in [1.54, 1.807) is 0 Å². The van der Waals surface area contributed by atoms with Crippen molar-refractivity contribution in [3.05, 3.63) is 29.8 Å². The quantitative estimate of drug-likeness (QED) is 0.888. The Morgan fingerprint density at radius 3 is 2.78 bits per heavy atom. The number of aliphatic hydroxyl groups is 1. The van der Waals surface area contributed by atoms with Gasteiger partial charge in [-0.1, -0.05) is 12.1 Å². The Bertz CT molecular complexity index is 345. The minimum Gasteiger partial charge on any atom is -0.392 e. The molecule has 0 aliphatic carbocycles. The Morgan fingerprint density at radius 2 is 2.17 bits per heavy atom. The van der Waals surface area contributed by atoms with E-state index in [9.17, 15) is 0 Å². The number of hydrogen-bond donors (Lipinski definition) is 1. The van der Waals surface area contributed by atoms with Crippen LogP contribution >= 0.6 is 11.8 Å². The summed E-state index contributed by atoms with van der Waals surface area (Å²) in [7, 11) is 0. The highest BCUT2D eigenvalue weighted by molar-refractivity contribution is 7.98. The van der Waals surface area contributed by atoms with Gasteiger partial charge in [0.25, 0.3) is 0 Å². The first-order valence-corrected chi connectivity index (χ1v) is 7.42. The molecule has 18 heavy (non-hydrogen) atoms. The van der Waals surface area contributed by atoms with Gasteiger partial charge in [0.15, 0.2) is 0 Å². The number of nitrogens with zero attached hydrogens (tertiary/aromatic N) is 1. The molecular formula is C14H21NO2S. The zero-order chi connectivity index (χ0) is 12.8. The lowest BCUT2D eigenvalue weighted by Crippen LogP contribution is -2.40. The minimum atomic E-state index is -0.210. The number of ether oxygens (including phenoxy) is 1. The van der Waals surface area contributed by atoms with E-state index < -0.39 is 0 Å². The van der Waals surface area contributed by atoms with Gasteiger partial charge in [0.1, 0.15) is 0 Å². The van der Waals surface area contributed by atoms with Crippen molar-refractivity contribution in [3.8, 4) is 0 Å².